The Labute approximate surface area is 176 Å². The number of aryl methyl sites for hydroxylation is 2. The van der Waals surface area contributed by atoms with Gasteiger partial charge < -0.3 is 15.0 Å². The largest absolute Gasteiger partial charge is 0.494 e. The van der Waals surface area contributed by atoms with Gasteiger partial charge in [0.15, 0.2) is 0 Å². The summed E-state index contributed by atoms with van der Waals surface area (Å²) in [7, 11) is 0. The van der Waals surface area contributed by atoms with E-state index in [1.165, 1.54) is 0 Å². The molecule has 6 heteroatoms. The summed E-state index contributed by atoms with van der Waals surface area (Å²) >= 11 is 0. The molecule has 0 bridgehead atoms. The number of benzene rings is 2. The highest BCUT2D eigenvalue weighted by Gasteiger charge is 2.37. The monoisotopic (exact) mass is 405 g/mol. The number of aliphatic imine (C=N–C) groups is 1. The van der Waals surface area contributed by atoms with Crippen molar-refractivity contribution in [1.29, 1.82) is 0 Å². The molecule has 2 aromatic carbocycles. The molecule has 1 heterocycles. The van der Waals surface area contributed by atoms with E-state index in [0.29, 0.717) is 18.0 Å². The molecule has 156 valence electrons. The van der Waals surface area contributed by atoms with E-state index in [0.717, 1.165) is 47.5 Å². The Kier molecular flexibility index (Phi) is 5.57. The number of hydrogen-bond donors (Lipinski definition) is 1. The summed E-state index contributed by atoms with van der Waals surface area (Å²) in [5.74, 6) is 0.258. The molecule has 30 heavy (non-hydrogen) atoms. The number of nitrogens with one attached hydrogen (secondary N) is 1. The van der Waals surface area contributed by atoms with Gasteiger partial charge in [0.25, 0.3) is 0 Å². The normalized spacial score (nSPS) is 17.7. The van der Waals surface area contributed by atoms with Crippen LogP contribution < -0.4 is 15.0 Å². The summed E-state index contributed by atoms with van der Waals surface area (Å²) in [4.78, 5) is 32.6. The lowest BCUT2D eigenvalue weighted by Gasteiger charge is -2.25. The Morgan fingerprint density at radius 2 is 1.93 bits per heavy atom. The van der Waals surface area contributed by atoms with Gasteiger partial charge in [0, 0.05) is 11.4 Å². The zero-order chi connectivity index (χ0) is 21.3. The van der Waals surface area contributed by atoms with Crippen LogP contribution in [0.1, 0.15) is 37.3 Å². The van der Waals surface area contributed by atoms with Crippen molar-refractivity contribution in [3.8, 4) is 5.75 Å². The van der Waals surface area contributed by atoms with Crippen molar-refractivity contribution in [1.82, 2.24) is 0 Å². The minimum atomic E-state index is -0.238. The second kappa shape index (κ2) is 8.30. The van der Waals surface area contributed by atoms with E-state index in [9.17, 15) is 9.59 Å². The molecule has 1 saturated carbocycles. The summed E-state index contributed by atoms with van der Waals surface area (Å²) in [5.41, 5.74) is 5.31. The standard InChI is InChI=1S/C24H27N3O3/c1-4-30-18-10-8-17(9-11-18)25-23(28)14-27-22-13-16(3)15(2)12-21(22)26-20-7-5-6-19(20)24(27)29/h8-13,19H,4-7,14H2,1-3H3,(H,25,28)/t19-/m0/s1. The zero-order valence-corrected chi connectivity index (χ0v) is 17.7. The molecule has 1 aliphatic carbocycles. The number of hydrogen-bond acceptors (Lipinski definition) is 4. The van der Waals surface area contributed by atoms with E-state index in [1.54, 1.807) is 17.0 Å². The Balaban J connectivity index is 1.59. The van der Waals surface area contributed by atoms with Crippen LogP contribution in [0, 0.1) is 19.8 Å². The molecule has 0 spiro atoms. The second-order valence-electron chi connectivity index (χ2n) is 7.90. The molecule has 0 radical (unpaired) electrons. The maximum atomic E-state index is 13.3. The highest BCUT2D eigenvalue weighted by Crippen LogP contribution is 2.39. The van der Waals surface area contributed by atoms with E-state index < -0.39 is 0 Å². The number of carbonyl (C=O) groups is 2. The number of nitrogens with zero attached hydrogens (tertiary/aromatic N) is 2. The van der Waals surface area contributed by atoms with Crippen molar-refractivity contribution in [2.24, 2.45) is 10.9 Å². The molecule has 1 aliphatic heterocycles. The number of amides is 2. The lowest BCUT2D eigenvalue weighted by Crippen LogP contribution is -2.41. The van der Waals surface area contributed by atoms with Gasteiger partial charge >= 0.3 is 0 Å². The number of rotatable bonds is 5. The fourth-order valence-electron chi connectivity index (χ4n) is 4.09. The first-order valence-electron chi connectivity index (χ1n) is 10.5. The summed E-state index contributed by atoms with van der Waals surface area (Å²) in [6, 6.07) is 11.2. The number of fused-ring (bicyclic) bond motifs is 2. The molecule has 1 atom stereocenters. The molecule has 0 unspecified atom stereocenters. The molecule has 0 aromatic heterocycles. The van der Waals surface area contributed by atoms with Crippen LogP contribution in [0.5, 0.6) is 5.75 Å². The summed E-state index contributed by atoms with van der Waals surface area (Å²) in [5, 5.41) is 2.89. The predicted octanol–water partition coefficient (Wildman–Crippen LogP) is 4.56. The average Bonchev–Trinajstić information content (AvgIpc) is 3.15. The first-order valence-corrected chi connectivity index (χ1v) is 10.5. The maximum absolute atomic E-state index is 13.3. The Hall–Kier alpha value is -3.15. The fraction of sp³-hybridized carbons (Fsp3) is 0.375. The number of ether oxygens (including phenoxy) is 1. The fourth-order valence-corrected chi connectivity index (χ4v) is 4.09. The molecule has 4 rings (SSSR count). The van der Waals surface area contributed by atoms with E-state index in [-0.39, 0.29) is 24.3 Å². The van der Waals surface area contributed by atoms with Crippen LogP contribution in [-0.2, 0) is 9.59 Å². The molecule has 2 aliphatic rings. The lowest BCUT2D eigenvalue weighted by molar-refractivity contribution is -0.122. The second-order valence-corrected chi connectivity index (χ2v) is 7.90. The van der Waals surface area contributed by atoms with E-state index in [2.05, 4.69) is 5.32 Å². The van der Waals surface area contributed by atoms with Crippen molar-refractivity contribution >= 4 is 34.6 Å². The van der Waals surface area contributed by atoms with Crippen molar-refractivity contribution in [2.75, 3.05) is 23.4 Å². The van der Waals surface area contributed by atoms with Crippen molar-refractivity contribution < 1.29 is 14.3 Å². The summed E-state index contributed by atoms with van der Waals surface area (Å²) < 4.78 is 5.44. The van der Waals surface area contributed by atoms with Crippen LogP contribution in [0.4, 0.5) is 17.1 Å². The van der Waals surface area contributed by atoms with Gasteiger partial charge in [-0.25, -0.2) is 0 Å². The topological polar surface area (TPSA) is 71.0 Å². The molecule has 2 amide bonds. The maximum Gasteiger partial charge on any atom is 0.244 e. The first kappa shape index (κ1) is 20.1. The highest BCUT2D eigenvalue weighted by atomic mass is 16.5. The van der Waals surface area contributed by atoms with E-state index in [1.807, 2.05) is 45.0 Å². The SMILES string of the molecule is CCOc1ccc(NC(=O)CN2C(=O)[C@H]3CCCC3=Nc3cc(C)c(C)cc32)cc1. The van der Waals surface area contributed by atoms with Crippen LogP contribution in [0.25, 0.3) is 0 Å². The summed E-state index contributed by atoms with van der Waals surface area (Å²) in [6.45, 7) is 6.52. The van der Waals surface area contributed by atoms with Crippen LogP contribution in [0.3, 0.4) is 0 Å². The minimum Gasteiger partial charge on any atom is -0.494 e. The third kappa shape index (κ3) is 3.95. The smallest absolute Gasteiger partial charge is 0.244 e. The summed E-state index contributed by atoms with van der Waals surface area (Å²) in [6.07, 6.45) is 2.59. The Morgan fingerprint density at radius 1 is 1.20 bits per heavy atom. The Morgan fingerprint density at radius 3 is 2.67 bits per heavy atom. The number of carbonyl (C=O) groups excluding carboxylic acids is 2. The van der Waals surface area contributed by atoms with Gasteiger partial charge in [-0.05, 0) is 87.6 Å². The van der Waals surface area contributed by atoms with Crippen molar-refractivity contribution in [3.63, 3.8) is 0 Å². The van der Waals surface area contributed by atoms with Gasteiger partial charge in [-0.2, -0.15) is 0 Å². The van der Waals surface area contributed by atoms with Crippen LogP contribution in [0.2, 0.25) is 0 Å². The van der Waals surface area contributed by atoms with Gasteiger partial charge in [0.1, 0.15) is 12.3 Å². The Bertz CT molecular complexity index is 1010. The minimum absolute atomic E-state index is 0.0323. The molecular formula is C24H27N3O3. The average molecular weight is 405 g/mol. The van der Waals surface area contributed by atoms with Gasteiger partial charge in [-0.15, -0.1) is 0 Å². The number of anilines is 2. The van der Waals surface area contributed by atoms with Gasteiger partial charge in [0.2, 0.25) is 11.8 Å². The molecule has 2 aromatic rings. The third-order valence-electron chi connectivity index (χ3n) is 5.79. The molecule has 6 nitrogen and oxygen atoms in total. The lowest BCUT2D eigenvalue weighted by atomic mass is 10.0. The van der Waals surface area contributed by atoms with E-state index >= 15 is 0 Å². The third-order valence-corrected chi connectivity index (χ3v) is 5.79. The first-order chi connectivity index (χ1) is 14.5. The molecular weight excluding hydrogens is 378 g/mol. The van der Waals surface area contributed by atoms with Gasteiger partial charge in [-0.1, -0.05) is 0 Å². The molecule has 1 fully saturated rings. The quantitative estimate of drug-likeness (QED) is 0.793. The molecule has 0 saturated heterocycles. The van der Waals surface area contributed by atoms with Gasteiger partial charge in [-0.3, -0.25) is 14.6 Å². The van der Waals surface area contributed by atoms with Crippen LogP contribution in [-0.4, -0.2) is 30.7 Å². The van der Waals surface area contributed by atoms with Crippen molar-refractivity contribution in [3.05, 3.63) is 47.5 Å². The van der Waals surface area contributed by atoms with Crippen LogP contribution >= 0.6 is 0 Å². The van der Waals surface area contributed by atoms with Crippen LogP contribution in [0.15, 0.2) is 41.4 Å². The molecule has 1 N–H and O–H groups in total. The van der Waals surface area contributed by atoms with Gasteiger partial charge in [0.05, 0.1) is 23.9 Å². The predicted molar refractivity (Wildman–Crippen MR) is 119 cm³/mol. The zero-order valence-electron chi connectivity index (χ0n) is 17.7. The van der Waals surface area contributed by atoms with E-state index in [4.69, 9.17) is 9.73 Å². The highest BCUT2D eigenvalue weighted by molar-refractivity contribution is 6.16. The van der Waals surface area contributed by atoms with Crippen molar-refractivity contribution in [2.45, 2.75) is 40.0 Å².